The number of aromatic nitrogens is 2. The van der Waals surface area contributed by atoms with Gasteiger partial charge in [-0.1, -0.05) is 31.5 Å². The Morgan fingerprint density at radius 3 is 2.41 bits per heavy atom. The second kappa shape index (κ2) is 5.59. The van der Waals surface area contributed by atoms with E-state index in [1.165, 1.54) is 5.56 Å². The van der Waals surface area contributed by atoms with Crippen LogP contribution in [0.1, 0.15) is 59.9 Å². The van der Waals surface area contributed by atoms with E-state index in [2.05, 4.69) is 55.5 Å². The molecule has 0 radical (unpaired) electrons. The molecule has 1 fully saturated rings. The summed E-state index contributed by atoms with van der Waals surface area (Å²) in [5.41, 5.74) is 4.73. The van der Waals surface area contributed by atoms with Crippen molar-refractivity contribution in [1.29, 1.82) is 0 Å². The Bertz CT molecular complexity index is 694. The Hall–Kier alpha value is -2.10. The molecule has 0 saturated heterocycles. The molecule has 0 spiro atoms. The molecule has 22 heavy (non-hydrogen) atoms. The van der Waals surface area contributed by atoms with Crippen LogP contribution in [0.25, 0.3) is 5.69 Å². The Balaban J connectivity index is 2.06. The van der Waals surface area contributed by atoms with Crippen LogP contribution in [0.15, 0.2) is 24.3 Å². The summed E-state index contributed by atoms with van der Waals surface area (Å²) in [6.07, 6.45) is 2.18. The molecule has 1 aromatic heterocycles. The normalized spacial score (nSPS) is 14.4. The SMILES string of the molecule is Cc1ccc(-n2nc(C)c(C(=O)NC3CC3)c2C(C)C)cc1. The summed E-state index contributed by atoms with van der Waals surface area (Å²) in [6, 6.07) is 8.60. The predicted molar refractivity (Wildman–Crippen MR) is 87.6 cm³/mol. The van der Waals surface area contributed by atoms with Crippen LogP contribution in [0.4, 0.5) is 0 Å². The van der Waals surface area contributed by atoms with Gasteiger partial charge in [0.1, 0.15) is 0 Å². The van der Waals surface area contributed by atoms with Crippen molar-refractivity contribution in [1.82, 2.24) is 15.1 Å². The number of benzene rings is 1. The lowest BCUT2D eigenvalue weighted by molar-refractivity contribution is 0.0949. The Kier molecular flexibility index (Phi) is 3.77. The van der Waals surface area contributed by atoms with Crippen molar-refractivity contribution in [3.8, 4) is 5.69 Å². The number of nitrogens with zero attached hydrogens (tertiary/aromatic N) is 2. The predicted octanol–water partition coefficient (Wildman–Crippen LogP) is 3.50. The molecule has 1 aliphatic rings. The van der Waals surface area contributed by atoms with Gasteiger partial charge >= 0.3 is 0 Å². The molecule has 1 saturated carbocycles. The van der Waals surface area contributed by atoms with Gasteiger partial charge in [0.25, 0.3) is 5.91 Å². The first-order chi connectivity index (χ1) is 10.5. The monoisotopic (exact) mass is 297 g/mol. The lowest BCUT2D eigenvalue weighted by Crippen LogP contribution is -2.27. The van der Waals surface area contributed by atoms with Crippen molar-refractivity contribution in [2.24, 2.45) is 0 Å². The Morgan fingerprint density at radius 2 is 1.86 bits per heavy atom. The summed E-state index contributed by atoms with van der Waals surface area (Å²) in [5, 5.41) is 7.72. The van der Waals surface area contributed by atoms with Gasteiger partial charge in [0, 0.05) is 6.04 Å². The van der Waals surface area contributed by atoms with Gasteiger partial charge in [0.2, 0.25) is 0 Å². The average Bonchev–Trinajstić information content (AvgIpc) is 3.19. The standard InChI is InChI=1S/C18H23N3O/c1-11(2)17-16(18(22)19-14-7-8-14)13(4)20-21(17)15-9-5-12(3)6-10-15/h5-6,9-11,14H,7-8H2,1-4H3,(H,19,22). The molecule has 0 unspecified atom stereocenters. The van der Waals surface area contributed by atoms with Crippen LogP contribution >= 0.6 is 0 Å². The number of hydrogen-bond donors (Lipinski definition) is 1. The third-order valence-electron chi connectivity index (χ3n) is 4.06. The van der Waals surface area contributed by atoms with E-state index < -0.39 is 0 Å². The van der Waals surface area contributed by atoms with E-state index in [1.54, 1.807) is 0 Å². The molecule has 116 valence electrons. The zero-order chi connectivity index (χ0) is 15.9. The van der Waals surface area contributed by atoms with Crippen molar-refractivity contribution in [3.05, 3.63) is 46.8 Å². The quantitative estimate of drug-likeness (QED) is 0.938. The molecule has 1 amide bonds. The topological polar surface area (TPSA) is 46.9 Å². The number of amides is 1. The van der Waals surface area contributed by atoms with Crippen molar-refractivity contribution in [3.63, 3.8) is 0 Å². The zero-order valence-corrected chi connectivity index (χ0v) is 13.7. The van der Waals surface area contributed by atoms with E-state index >= 15 is 0 Å². The largest absolute Gasteiger partial charge is 0.349 e. The number of hydrogen-bond acceptors (Lipinski definition) is 2. The van der Waals surface area contributed by atoms with Crippen molar-refractivity contribution < 1.29 is 4.79 Å². The van der Waals surface area contributed by atoms with Crippen LogP contribution in [0.2, 0.25) is 0 Å². The van der Waals surface area contributed by atoms with Gasteiger partial charge in [0.15, 0.2) is 0 Å². The molecular formula is C18H23N3O. The molecule has 4 heteroatoms. The first kappa shape index (κ1) is 14.8. The van der Waals surface area contributed by atoms with E-state index in [9.17, 15) is 4.79 Å². The fraction of sp³-hybridized carbons (Fsp3) is 0.444. The van der Waals surface area contributed by atoms with Gasteiger partial charge < -0.3 is 5.32 Å². The maximum Gasteiger partial charge on any atom is 0.255 e. The van der Waals surface area contributed by atoms with E-state index in [0.29, 0.717) is 6.04 Å². The second-order valence-electron chi connectivity index (χ2n) is 6.50. The van der Waals surface area contributed by atoms with Gasteiger partial charge in [0.05, 0.1) is 22.6 Å². The van der Waals surface area contributed by atoms with Gasteiger partial charge in [-0.3, -0.25) is 4.79 Å². The molecule has 1 N–H and O–H groups in total. The highest BCUT2D eigenvalue weighted by Gasteiger charge is 2.29. The van der Waals surface area contributed by atoms with Crippen LogP contribution in [-0.4, -0.2) is 21.7 Å². The highest BCUT2D eigenvalue weighted by Crippen LogP contribution is 2.27. The second-order valence-corrected chi connectivity index (χ2v) is 6.50. The van der Waals surface area contributed by atoms with E-state index in [0.717, 1.165) is 35.5 Å². The van der Waals surface area contributed by atoms with E-state index in [4.69, 9.17) is 0 Å². The molecule has 0 bridgehead atoms. The van der Waals surface area contributed by atoms with Crippen molar-refractivity contribution in [2.45, 2.75) is 52.5 Å². The number of rotatable bonds is 4. The summed E-state index contributed by atoms with van der Waals surface area (Å²) in [5.74, 6) is 0.240. The van der Waals surface area contributed by atoms with Gasteiger partial charge in [-0.25, -0.2) is 4.68 Å². The summed E-state index contributed by atoms with van der Waals surface area (Å²) in [7, 11) is 0. The van der Waals surface area contributed by atoms with E-state index in [-0.39, 0.29) is 11.8 Å². The first-order valence-corrected chi connectivity index (χ1v) is 7.94. The summed E-state index contributed by atoms with van der Waals surface area (Å²) < 4.78 is 1.92. The molecule has 4 nitrogen and oxygen atoms in total. The lowest BCUT2D eigenvalue weighted by atomic mass is 10.0. The molecule has 1 aromatic carbocycles. The third-order valence-corrected chi connectivity index (χ3v) is 4.06. The van der Waals surface area contributed by atoms with Crippen LogP contribution in [0, 0.1) is 13.8 Å². The van der Waals surface area contributed by atoms with Crippen molar-refractivity contribution in [2.75, 3.05) is 0 Å². The van der Waals surface area contributed by atoms with Crippen LogP contribution in [-0.2, 0) is 0 Å². The van der Waals surface area contributed by atoms with Gasteiger partial charge in [-0.2, -0.15) is 5.10 Å². The van der Waals surface area contributed by atoms with Gasteiger partial charge in [-0.15, -0.1) is 0 Å². The molecule has 0 atom stereocenters. The van der Waals surface area contributed by atoms with E-state index in [1.807, 2.05) is 11.6 Å². The summed E-state index contributed by atoms with van der Waals surface area (Å²) in [6.45, 7) is 8.19. The average molecular weight is 297 g/mol. The van der Waals surface area contributed by atoms with Crippen LogP contribution in [0.3, 0.4) is 0 Å². The third kappa shape index (κ3) is 2.78. The fourth-order valence-corrected chi connectivity index (χ4v) is 2.73. The minimum absolute atomic E-state index is 0.0158. The van der Waals surface area contributed by atoms with Crippen molar-refractivity contribution >= 4 is 5.91 Å². The molecule has 1 heterocycles. The Labute approximate surface area is 131 Å². The van der Waals surface area contributed by atoms with Crippen LogP contribution < -0.4 is 5.32 Å². The smallest absolute Gasteiger partial charge is 0.255 e. The summed E-state index contributed by atoms with van der Waals surface area (Å²) in [4.78, 5) is 12.6. The maximum absolute atomic E-state index is 12.6. The molecule has 0 aliphatic heterocycles. The van der Waals surface area contributed by atoms with Crippen LogP contribution in [0.5, 0.6) is 0 Å². The fourth-order valence-electron chi connectivity index (χ4n) is 2.73. The molecule has 1 aliphatic carbocycles. The molecular weight excluding hydrogens is 274 g/mol. The number of carbonyl (C=O) groups excluding carboxylic acids is 1. The molecule has 3 rings (SSSR count). The first-order valence-electron chi connectivity index (χ1n) is 7.94. The summed E-state index contributed by atoms with van der Waals surface area (Å²) >= 11 is 0. The number of aryl methyl sites for hydroxylation is 2. The highest BCUT2D eigenvalue weighted by atomic mass is 16.1. The minimum Gasteiger partial charge on any atom is -0.349 e. The minimum atomic E-state index is 0.0158. The molecule has 2 aromatic rings. The Morgan fingerprint density at radius 1 is 1.23 bits per heavy atom. The highest BCUT2D eigenvalue weighted by molar-refractivity contribution is 5.97. The lowest BCUT2D eigenvalue weighted by Gasteiger charge is -2.13. The number of nitrogens with one attached hydrogen (secondary N) is 1. The maximum atomic E-state index is 12.6. The van der Waals surface area contributed by atoms with Gasteiger partial charge in [-0.05, 0) is 44.7 Å². The number of carbonyl (C=O) groups is 1. The zero-order valence-electron chi connectivity index (χ0n) is 13.7.